The summed E-state index contributed by atoms with van der Waals surface area (Å²) in [7, 11) is 0. The van der Waals surface area contributed by atoms with Gasteiger partial charge in [-0.3, -0.25) is 0 Å². The highest BCUT2D eigenvalue weighted by molar-refractivity contribution is 7.64. The van der Waals surface area contributed by atoms with Crippen LogP contribution in [-0.2, 0) is 0 Å². The van der Waals surface area contributed by atoms with Crippen molar-refractivity contribution in [3.63, 3.8) is 0 Å². The second-order valence-electron chi connectivity index (χ2n) is 6.29. The average Bonchev–Trinajstić information content (AvgIpc) is 2.60. The first-order chi connectivity index (χ1) is 12.6. The van der Waals surface area contributed by atoms with Crippen LogP contribution in [0.15, 0.2) is 0 Å². The molecule has 0 saturated heterocycles. The normalized spacial score (nSPS) is 11.9. The Morgan fingerprint density at radius 2 is 0.926 bits per heavy atom. The van der Waals surface area contributed by atoms with E-state index < -0.39 is 40.8 Å². The molecular weight excluding hydrogens is 450 g/mol. The van der Waals surface area contributed by atoms with Gasteiger partial charge in [-0.15, -0.1) is 33.2 Å². The standard InChI is InChI=1S/C17H22Cl3F5OSi/c18-27(19,20)11-9-7-5-3-1-2-4-6-8-10-26-17-15(24)13(22)12(21)14(23)16(17)25/h1-11H2. The number of rotatable bonds is 13. The van der Waals surface area contributed by atoms with Crippen LogP contribution in [0, 0.1) is 29.1 Å². The molecule has 0 bridgehead atoms. The fourth-order valence-electron chi connectivity index (χ4n) is 2.55. The van der Waals surface area contributed by atoms with Gasteiger partial charge in [0.15, 0.2) is 5.75 Å². The van der Waals surface area contributed by atoms with Gasteiger partial charge in [0.05, 0.1) is 6.61 Å². The second-order valence-corrected chi connectivity index (χ2v) is 15.6. The SMILES string of the molecule is Fc1c(F)c(F)c(OCCCCCCCCCCC[Si](Cl)(Cl)Cl)c(F)c1F. The Balaban J connectivity index is 2.10. The number of ether oxygens (including phenoxy) is 1. The largest absolute Gasteiger partial charge is 0.487 e. The van der Waals surface area contributed by atoms with E-state index in [1.54, 1.807) is 0 Å². The number of hydrogen-bond donors (Lipinski definition) is 0. The number of unbranched alkanes of at least 4 members (excludes halogenated alkanes) is 8. The summed E-state index contributed by atoms with van der Waals surface area (Å²) >= 11 is 17.4. The van der Waals surface area contributed by atoms with Crippen molar-refractivity contribution in [2.75, 3.05) is 6.61 Å². The summed E-state index contributed by atoms with van der Waals surface area (Å²) in [5.74, 6) is -11.3. The lowest BCUT2D eigenvalue weighted by atomic mass is 10.1. The lowest BCUT2D eigenvalue weighted by Gasteiger charge is -2.10. The first-order valence-corrected chi connectivity index (χ1v) is 14.1. The van der Waals surface area contributed by atoms with Gasteiger partial charge >= 0.3 is 6.00 Å². The van der Waals surface area contributed by atoms with Crippen LogP contribution in [0.4, 0.5) is 22.0 Å². The van der Waals surface area contributed by atoms with Crippen molar-refractivity contribution in [3.8, 4) is 5.75 Å². The predicted molar refractivity (Wildman–Crippen MR) is 101 cm³/mol. The number of halogens is 8. The van der Waals surface area contributed by atoms with Crippen LogP contribution < -0.4 is 4.74 Å². The van der Waals surface area contributed by atoms with E-state index in [2.05, 4.69) is 0 Å². The van der Waals surface area contributed by atoms with Crippen molar-refractivity contribution in [2.24, 2.45) is 0 Å². The molecular formula is C17H22Cl3F5OSi. The zero-order valence-corrected chi connectivity index (χ0v) is 18.0. The molecule has 0 saturated carbocycles. The van der Waals surface area contributed by atoms with E-state index >= 15 is 0 Å². The van der Waals surface area contributed by atoms with E-state index in [9.17, 15) is 22.0 Å². The first kappa shape index (κ1) is 24.8. The maximum absolute atomic E-state index is 13.4. The van der Waals surface area contributed by atoms with E-state index in [1.807, 2.05) is 0 Å². The van der Waals surface area contributed by atoms with E-state index in [4.69, 9.17) is 38.0 Å². The van der Waals surface area contributed by atoms with Gasteiger partial charge in [0, 0.05) is 0 Å². The van der Waals surface area contributed by atoms with Gasteiger partial charge in [-0.05, 0) is 12.5 Å². The topological polar surface area (TPSA) is 9.23 Å². The fourth-order valence-corrected chi connectivity index (χ4v) is 4.40. The molecule has 156 valence electrons. The Labute approximate surface area is 171 Å². The zero-order valence-electron chi connectivity index (χ0n) is 14.7. The van der Waals surface area contributed by atoms with Crippen molar-refractivity contribution in [1.29, 1.82) is 0 Å². The Morgan fingerprint density at radius 1 is 0.556 bits per heavy atom. The van der Waals surface area contributed by atoms with Crippen molar-refractivity contribution < 1.29 is 26.7 Å². The molecule has 0 N–H and O–H groups in total. The van der Waals surface area contributed by atoms with E-state index in [1.165, 1.54) is 0 Å². The molecule has 1 aromatic carbocycles. The highest BCUT2D eigenvalue weighted by atomic mass is 35.8. The van der Waals surface area contributed by atoms with Gasteiger partial charge in [-0.25, -0.2) is 13.2 Å². The minimum atomic E-state index is -2.49. The van der Waals surface area contributed by atoms with Crippen molar-refractivity contribution in [1.82, 2.24) is 0 Å². The van der Waals surface area contributed by atoms with Gasteiger partial charge in [0.1, 0.15) is 0 Å². The maximum atomic E-state index is 13.4. The molecule has 0 aliphatic rings. The molecule has 0 fully saturated rings. The zero-order chi connectivity index (χ0) is 20.4. The average molecular weight is 472 g/mol. The Hall–Kier alpha value is -0.243. The molecule has 27 heavy (non-hydrogen) atoms. The summed E-state index contributed by atoms with van der Waals surface area (Å²) in [6.07, 6.45) is 8.31. The van der Waals surface area contributed by atoms with Gasteiger partial charge in [-0.2, -0.15) is 8.78 Å². The van der Waals surface area contributed by atoms with Crippen molar-refractivity contribution >= 4 is 39.2 Å². The van der Waals surface area contributed by atoms with Crippen LogP contribution in [0.25, 0.3) is 0 Å². The molecule has 0 heterocycles. The summed E-state index contributed by atoms with van der Waals surface area (Å²) in [6.45, 7) is -0.112. The molecule has 0 aromatic heterocycles. The van der Waals surface area contributed by atoms with Gasteiger partial charge in [0.2, 0.25) is 29.1 Å². The predicted octanol–water partition coefficient (Wildman–Crippen LogP) is 7.93. The Kier molecular flexibility index (Phi) is 11.3. The van der Waals surface area contributed by atoms with Crippen LogP contribution in [0.3, 0.4) is 0 Å². The van der Waals surface area contributed by atoms with Crippen LogP contribution in [0.2, 0.25) is 6.04 Å². The van der Waals surface area contributed by atoms with E-state index in [0.717, 1.165) is 51.4 Å². The summed E-state index contributed by atoms with van der Waals surface area (Å²) in [4.78, 5) is 0. The van der Waals surface area contributed by atoms with Crippen LogP contribution >= 0.6 is 33.2 Å². The van der Waals surface area contributed by atoms with Crippen LogP contribution in [-0.4, -0.2) is 12.6 Å². The molecule has 1 rings (SSSR count). The highest BCUT2D eigenvalue weighted by Crippen LogP contribution is 2.29. The summed E-state index contributed by atoms with van der Waals surface area (Å²) in [6, 6.07) is -1.81. The smallest absolute Gasteiger partial charge is 0.341 e. The molecule has 0 radical (unpaired) electrons. The highest BCUT2D eigenvalue weighted by Gasteiger charge is 2.27. The summed E-state index contributed by atoms with van der Waals surface area (Å²) in [5, 5.41) is 0. The number of benzene rings is 1. The molecule has 0 unspecified atom stereocenters. The Morgan fingerprint density at radius 3 is 1.37 bits per heavy atom. The van der Waals surface area contributed by atoms with Gasteiger partial charge in [0.25, 0.3) is 0 Å². The lowest BCUT2D eigenvalue weighted by Crippen LogP contribution is -2.08. The fraction of sp³-hybridized carbons (Fsp3) is 0.647. The third kappa shape index (κ3) is 9.20. The molecule has 10 heteroatoms. The van der Waals surface area contributed by atoms with E-state index in [0.29, 0.717) is 12.5 Å². The maximum Gasteiger partial charge on any atom is 0.341 e. The third-order valence-corrected chi connectivity index (χ3v) is 6.64. The molecule has 1 aromatic rings. The van der Waals surface area contributed by atoms with E-state index in [-0.39, 0.29) is 6.61 Å². The first-order valence-electron chi connectivity index (χ1n) is 8.86. The minimum absolute atomic E-state index is 0.112. The second kappa shape index (κ2) is 12.3. The summed E-state index contributed by atoms with van der Waals surface area (Å²) < 4.78 is 70.5. The monoisotopic (exact) mass is 470 g/mol. The Bertz CT molecular complexity index is 570. The van der Waals surface area contributed by atoms with Crippen molar-refractivity contribution in [2.45, 2.75) is 63.8 Å². The van der Waals surface area contributed by atoms with Gasteiger partial charge in [-0.1, -0.05) is 51.4 Å². The quantitative estimate of drug-likeness (QED) is 0.0708. The minimum Gasteiger partial charge on any atom is -0.487 e. The molecule has 0 aliphatic carbocycles. The molecule has 0 spiro atoms. The molecule has 0 aliphatic heterocycles. The molecule has 0 atom stereocenters. The van der Waals surface area contributed by atoms with Crippen LogP contribution in [0.5, 0.6) is 5.75 Å². The van der Waals surface area contributed by atoms with Crippen LogP contribution in [0.1, 0.15) is 57.8 Å². The molecule has 0 amide bonds. The summed E-state index contributed by atoms with van der Waals surface area (Å²) in [5.41, 5.74) is 0. The molecule has 1 nitrogen and oxygen atoms in total. The third-order valence-electron chi connectivity index (χ3n) is 4.02. The number of hydrogen-bond acceptors (Lipinski definition) is 1. The lowest BCUT2D eigenvalue weighted by molar-refractivity contribution is 0.255. The van der Waals surface area contributed by atoms with Gasteiger partial charge < -0.3 is 4.74 Å². The van der Waals surface area contributed by atoms with Crippen molar-refractivity contribution in [3.05, 3.63) is 29.1 Å².